The van der Waals surface area contributed by atoms with Crippen LogP contribution in [-0.2, 0) is 24.9 Å². The number of aromatic nitrogens is 2. The molecular weight excluding hydrogens is 677 g/mol. The van der Waals surface area contributed by atoms with Gasteiger partial charge in [-0.3, -0.25) is 0 Å². The van der Waals surface area contributed by atoms with E-state index < -0.39 is 0 Å². The van der Waals surface area contributed by atoms with Crippen molar-refractivity contribution in [2.45, 2.75) is 38.5 Å². The third-order valence-corrected chi connectivity index (χ3v) is 14.0. The lowest BCUT2D eigenvalue weighted by molar-refractivity contribution is 0.633. The molecule has 0 amide bonds. The van der Waals surface area contributed by atoms with Crippen molar-refractivity contribution in [3.05, 3.63) is 168 Å². The van der Waals surface area contributed by atoms with Gasteiger partial charge in [0, 0.05) is 68.5 Å². The first-order valence-corrected chi connectivity index (χ1v) is 20.0. The van der Waals surface area contributed by atoms with Crippen molar-refractivity contribution >= 4 is 54.4 Å². The first kappa shape index (κ1) is 31.9. The molecule has 2 aromatic heterocycles. The Bertz CT molecular complexity index is 3150. The zero-order chi connectivity index (χ0) is 37.8. The maximum atomic E-state index is 2.47. The monoisotopic (exact) mass is 718 g/mol. The summed E-state index contributed by atoms with van der Waals surface area (Å²) in [5.74, 6) is 0. The van der Waals surface area contributed by atoms with Crippen LogP contribution in [0.25, 0.3) is 98.9 Å². The third-order valence-electron chi connectivity index (χ3n) is 14.0. The predicted molar refractivity (Wildman–Crippen MR) is 238 cm³/mol. The Balaban J connectivity index is 1.01. The first-order chi connectivity index (χ1) is 27.1. The quantitative estimate of drug-likeness (QED) is 0.168. The van der Waals surface area contributed by atoms with Crippen LogP contribution in [0.3, 0.4) is 0 Å². The predicted octanol–water partition coefficient (Wildman–Crippen LogP) is 14.1. The fraction of sp³-hybridized carbons (Fsp3) is 0.148. The minimum atomic E-state index is -0.173. The van der Waals surface area contributed by atoms with Crippen molar-refractivity contribution in [1.29, 1.82) is 0 Å². The van der Waals surface area contributed by atoms with Crippen LogP contribution in [0.15, 0.2) is 146 Å². The van der Waals surface area contributed by atoms with Crippen LogP contribution in [-0.4, -0.2) is 9.13 Å². The lowest BCUT2D eigenvalue weighted by atomic mass is 9.62. The number of benzene rings is 8. The molecule has 0 aliphatic heterocycles. The molecule has 0 saturated carbocycles. The van der Waals surface area contributed by atoms with Crippen LogP contribution in [0, 0.1) is 0 Å². The normalized spacial score (nSPS) is 14.9. The Kier molecular flexibility index (Phi) is 6.09. The summed E-state index contributed by atoms with van der Waals surface area (Å²) in [6.07, 6.45) is 0. The summed E-state index contributed by atoms with van der Waals surface area (Å²) < 4.78 is 4.62. The number of hydrogen-bond acceptors (Lipinski definition) is 0. The lowest BCUT2D eigenvalue weighted by Crippen LogP contribution is -2.28. The highest BCUT2D eigenvalue weighted by Crippen LogP contribution is 2.56. The average molecular weight is 719 g/mol. The Morgan fingerprint density at radius 3 is 1.12 bits per heavy atom. The van der Waals surface area contributed by atoms with Crippen molar-refractivity contribution in [2.75, 3.05) is 0 Å². The molecule has 8 aromatic carbocycles. The van der Waals surface area contributed by atoms with Crippen LogP contribution in [0.4, 0.5) is 0 Å². The summed E-state index contributed by atoms with van der Waals surface area (Å²) >= 11 is 0. The number of fused-ring (bicyclic) bond motifs is 10. The highest BCUT2D eigenvalue weighted by molar-refractivity contribution is 6.14. The minimum Gasteiger partial charge on any atom is -0.344 e. The van der Waals surface area contributed by atoms with Crippen molar-refractivity contribution in [1.82, 2.24) is 9.13 Å². The Morgan fingerprint density at radius 2 is 0.679 bits per heavy atom. The Labute approximate surface area is 327 Å². The second kappa shape index (κ2) is 10.7. The SMILES string of the molecule is Cn1c2ccccc2c2cc(-c3ccc4c(c3)C(C)(C)c3ccc5c6c(ccc-4c36)-c3ccc(-c4ccc6c(c4)c4ccccc4n6C)cc3C5(C)C)ccc21. The van der Waals surface area contributed by atoms with Gasteiger partial charge in [0.15, 0.2) is 0 Å². The summed E-state index contributed by atoms with van der Waals surface area (Å²) in [4.78, 5) is 0. The molecule has 2 heteroatoms. The molecule has 12 rings (SSSR count). The molecule has 0 unspecified atom stereocenters. The summed E-state index contributed by atoms with van der Waals surface area (Å²) in [7, 11) is 4.34. The molecule has 0 saturated heterocycles. The first-order valence-electron chi connectivity index (χ1n) is 20.0. The Morgan fingerprint density at radius 1 is 0.321 bits per heavy atom. The minimum absolute atomic E-state index is 0.173. The average Bonchev–Trinajstić information content (AvgIpc) is 3.68. The smallest absolute Gasteiger partial charge is 0.0489 e. The molecule has 0 N–H and O–H groups in total. The molecular formula is C54H42N2. The summed E-state index contributed by atoms with van der Waals surface area (Å²) in [5, 5.41) is 8.08. The highest BCUT2D eigenvalue weighted by atomic mass is 14.9. The summed E-state index contributed by atoms with van der Waals surface area (Å²) in [5.41, 5.74) is 20.8. The van der Waals surface area contributed by atoms with Crippen LogP contribution in [0.2, 0.25) is 0 Å². The van der Waals surface area contributed by atoms with E-state index in [2.05, 4.69) is 197 Å². The number of rotatable bonds is 2. The van der Waals surface area contributed by atoms with E-state index in [1.807, 2.05) is 0 Å². The molecule has 2 aliphatic rings. The zero-order valence-corrected chi connectivity index (χ0v) is 32.8. The number of para-hydroxylation sites is 2. The van der Waals surface area contributed by atoms with E-state index in [9.17, 15) is 0 Å². The molecule has 2 aliphatic carbocycles. The Hall–Kier alpha value is -6.38. The van der Waals surface area contributed by atoms with E-state index in [1.165, 1.54) is 121 Å². The lowest BCUT2D eigenvalue weighted by Gasteiger charge is -2.40. The summed E-state index contributed by atoms with van der Waals surface area (Å²) in [6, 6.07) is 55.6. The molecule has 2 nitrogen and oxygen atoms in total. The third kappa shape index (κ3) is 3.96. The van der Waals surface area contributed by atoms with Gasteiger partial charge in [0.05, 0.1) is 0 Å². The zero-order valence-electron chi connectivity index (χ0n) is 32.8. The van der Waals surface area contributed by atoms with Gasteiger partial charge in [0.25, 0.3) is 0 Å². The fourth-order valence-electron chi connectivity index (χ4n) is 10.9. The van der Waals surface area contributed by atoms with Gasteiger partial charge in [-0.15, -0.1) is 0 Å². The van der Waals surface area contributed by atoms with Gasteiger partial charge in [-0.1, -0.05) is 125 Å². The number of aryl methyl sites for hydroxylation is 2. The van der Waals surface area contributed by atoms with Gasteiger partial charge < -0.3 is 9.13 Å². The molecule has 2 heterocycles. The number of hydrogen-bond donors (Lipinski definition) is 0. The second-order valence-corrected chi connectivity index (χ2v) is 17.5. The van der Waals surface area contributed by atoms with E-state index >= 15 is 0 Å². The molecule has 0 fully saturated rings. The molecule has 0 bridgehead atoms. The van der Waals surface area contributed by atoms with Gasteiger partial charge in [-0.2, -0.15) is 0 Å². The van der Waals surface area contributed by atoms with E-state index in [4.69, 9.17) is 0 Å². The van der Waals surface area contributed by atoms with E-state index in [0.29, 0.717) is 0 Å². The highest BCUT2D eigenvalue weighted by Gasteiger charge is 2.40. The maximum Gasteiger partial charge on any atom is 0.0489 e. The van der Waals surface area contributed by atoms with E-state index in [0.717, 1.165) is 0 Å². The molecule has 0 atom stereocenters. The van der Waals surface area contributed by atoms with Crippen LogP contribution < -0.4 is 0 Å². The summed E-state index contributed by atoms with van der Waals surface area (Å²) in [6.45, 7) is 9.71. The largest absolute Gasteiger partial charge is 0.344 e. The van der Waals surface area contributed by atoms with Crippen molar-refractivity contribution in [2.24, 2.45) is 14.1 Å². The van der Waals surface area contributed by atoms with Gasteiger partial charge in [0.1, 0.15) is 0 Å². The van der Waals surface area contributed by atoms with Crippen molar-refractivity contribution in [3.8, 4) is 44.5 Å². The number of nitrogens with zero attached hydrogens (tertiary/aromatic N) is 2. The second-order valence-electron chi connectivity index (χ2n) is 17.5. The van der Waals surface area contributed by atoms with Gasteiger partial charge in [-0.05, 0) is 126 Å². The van der Waals surface area contributed by atoms with E-state index in [-0.39, 0.29) is 10.8 Å². The van der Waals surface area contributed by atoms with Gasteiger partial charge >= 0.3 is 0 Å². The standard InChI is InChI=1S/C54H42N2/c1-53(2)43-23-24-44-52-40(36-20-16-34(30-46(36)54(44,3)4)32-18-26-50-42(28-32)38-12-8-10-14-48(38)56(50)6)22-21-39(51(43)52)35-19-15-33(29-45(35)53)31-17-25-49-41(27-31)37-11-7-9-13-47(37)55(49)5/h7-30H,1-6H3. The molecule has 268 valence electrons. The van der Waals surface area contributed by atoms with Crippen molar-refractivity contribution in [3.63, 3.8) is 0 Å². The van der Waals surface area contributed by atoms with Gasteiger partial charge in [0.2, 0.25) is 0 Å². The molecule has 56 heavy (non-hydrogen) atoms. The van der Waals surface area contributed by atoms with Crippen LogP contribution in [0.5, 0.6) is 0 Å². The van der Waals surface area contributed by atoms with Gasteiger partial charge in [-0.25, -0.2) is 0 Å². The topological polar surface area (TPSA) is 9.86 Å². The van der Waals surface area contributed by atoms with E-state index in [1.54, 1.807) is 0 Å². The van der Waals surface area contributed by atoms with Crippen molar-refractivity contribution < 1.29 is 0 Å². The van der Waals surface area contributed by atoms with Crippen LogP contribution in [0.1, 0.15) is 49.9 Å². The maximum absolute atomic E-state index is 2.47. The molecule has 0 radical (unpaired) electrons. The molecule has 10 aromatic rings. The van der Waals surface area contributed by atoms with Crippen LogP contribution >= 0.6 is 0 Å². The molecule has 0 spiro atoms. The fourth-order valence-corrected chi connectivity index (χ4v) is 10.9.